The van der Waals surface area contributed by atoms with E-state index in [0.29, 0.717) is 0 Å². The summed E-state index contributed by atoms with van der Waals surface area (Å²) in [5, 5.41) is 8.43. The Hall–Kier alpha value is -0.823. The fraction of sp³-hybridized carbons (Fsp3) is 0.714. The molecule has 0 atom stereocenters. The molecule has 0 saturated heterocycles. The molecule has 0 fully saturated rings. The SMILES string of the molecule is CC(=O)N(CC#N)[Si](C)(C)C. The minimum atomic E-state index is -1.61. The van der Waals surface area contributed by atoms with E-state index in [0.717, 1.165) is 0 Å². The van der Waals surface area contributed by atoms with Crippen molar-refractivity contribution in [2.45, 2.75) is 26.6 Å². The first kappa shape index (κ1) is 10.2. The number of nitrogens with zero attached hydrogens (tertiary/aromatic N) is 2. The summed E-state index contributed by atoms with van der Waals surface area (Å²) in [6, 6.07) is 2.00. The molecule has 0 rings (SSSR count). The zero-order chi connectivity index (χ0) is 9.07. The number of hydrogen-bond donors (Lipinski definition) is 0. The molecule has 0 heterocycles. The summed E-state index contributed by atoms with van der Waals surface area (Å²) in [7, 11) is -1.61. The number of carbonyl (C=O) groups is 1. The molecule has 3 nitrogen and oxygen atoms in total. The van der Waals surface area contributed by atoms with Crippen molar-refractivity contribution in [1.29, 1.82) is 5.26 Å². The molecule has 62 valence electrons. The molecule has 0 aromatic rings. The average molecular weight is 170 g/mol. The highest BCUT2D eigenvalue weighted by Gasteiger charge is 2.25. The van der Waals surface area contributed by atoms with E-state index in [1.165, 1.54) is 6.92 Å². The van der Waals surface area contributed by atoms with Gasteiger partial charge in [-0.2, -0.15) is 5.26 Å². The third-order valence-electron chi connectivity index (χ3n) is 1.42. The normalized spacial score (nSPS) is 10.5. The van der Waals surface area contributed by atoms with Crippen LogP contribution in [-0.4, -0.2) is 25.3 Å². The predicted molar refractivity (Wildman–Crippen MR) is 46.3 cm³/mol. The van der Waals surface area contributed by atoms with Gasteiger partial charge in [0.1, 0.15) is 6.54 Å². The second kappa shape index (κ2) is 3.53. The zero-order valence-corrected chi connectivity index (χ0v) is 8.51. The van der Waals surface area contributed by atoms with Crippen LogP contribution in [0.15, 0.2) is 0 Å². The van der Waals surface area contributed by atoms with Gasteiger partial charge in [-0.05, 0) is 0 Å². The number of carbonyl (C=O) groups excluding carboxylic acids is 1. The van der Waals surface area contributed by atoms with Crippen LogP contribution in [0.25, 0.3) is 0 Å². The Morgan fingerprint density at radius 1 is 1.55 bits per heavy atom. The van der Waals surface area contributed by atoms with Crippen LogP contribution in [0.1, 0.15) is 6.92 Å². The molecular formula is C7H14N2OSi. The number of nitriles is 1. The summed E-state index contributed by atoms with van der Waals surface area (Å²) in [6.45, 7) is 7.88. The Kier molecular flexibility index (Phi) is 3.27. The minimum absolute atomic E-state index is 0.00529. The molecule has 0 aliphatic carbocycles. The van der Waals surface area contributed by atoms with Crippen LogP contribution >= 0.6 is 0 Å². The first-order valence-electron chi connectivity index (χ1n) is 3.54. The van der Waals surface area contributed by atoms with Crippen LogP contribution in [0.4, 0.5) is 0 Å². The minimum Gasteiger partial charge on any atom is -0.358 e. The molecule has 0 unspecified atom stereocenters. The summed E-state index contributed by atoms with van der Waals surface area (Å²) < 4.78 is 1.67. The van der Waals surface area contributed by atoms with Crippen molar-refractivity contribution < 1.29 is 4.79 Å². The molecule has 0 aromatic carbocycles. The van der Waals surface area contributed by atoms with Crippen LogP contribution in [-0.2, 0) is 4.79 Å². The second-order valence-corrected chi connectivity index (χ2v) is 8.32. The summed E-state index contributed by atoms with van der Waals surface area (Å²) in [6.07, 6.45) is 0. The van der Waals surface area contributed by atoms with Crippen molar-refractivity contribution >= 4 is 14.1 Å². The van der Waals surface area contributed by atoms with Crippen LogP contribution < -0.4 is 0 Å². The first-order chi connectivity index (χ1) is 4.89. The van der Waals surface area contributed by atoms with E-state index in [9.17, 15) is 4.79 Å². The fourth-order valence-corrected chi connectivity index (χ4v) is 2.38. The Balaban J connectivity index is 4.38. The van der Waals surface area contributed by atoms with Crippen LogP contribution in [0.2, 0.25) is 19.6 Å². The van der Waals surface area contributed by atoms with Gasteiger partial charge in [0.25, 0.3) is 0 Å². The molecule has 0 saturated carbocycles. The van der Waals surface area contributed by atoms with Gasteiger partial charge in [0, 0.05) is 6.92 Å². The second-order valence-electron chi connectivity index (χ2n) is 3.43. The largest absolute Gasteiger partial charge is 0.358 e. The molecule has 0 aliphatic rings. The topological polar surface area (TPSA) is 44.1 Å². The van der Waals surface area contributed by atoms with Crippen molar-refractivity contribution in [3.63, 3.8) is 0 Å². The quantitative estimate of drug-likeness (QED) is 0.461. The summed E-state index contributed by atoms with van der Waals surface area (Å²) in [4.78, 5) is 11.0. The van der Waals surface area contributed by atoms with Gasteiger partial charge in [0.05, 0.1) is 6.07 Å². The molecular weight excluding hydrogens is 156 g/mol. The van der Waals surface area contributed by atoms with Gasteiger partial charge in [0.2, 0.25) is 5.91 Å². The van der Waals surface area contributed by atoms with Gasteiger partial charge in [-0.25, -0.2) is 0 Å². The van der Waals surface area contributed by atoms with Crippen molar-refractivity contribution in [3.8, 4) is 6.07 Å². The Labute approximate surface area is 68.7 Å². The van der Waals surface area contributed by atoms with Gasteiger partial charge in [-0.3, -0.25) is 4.79 Å². The number of rotatable bonds is 2. The molecule has 0 aliphatic heterocycles. The summed E-state index contributed by atoms with van der Waals surface area (Å²) >= 11 is 0. The molecule has 11 heavy (non-hydrogen) atoms. The van der Waals surface area contributed by atoms with Crippen molar-refractivity contribution in [1.82, 2.24) is 4.57 Å². The lowest BCUT2D eigenvalue weighted by molar-refractivity contribution is -0.124. The summed E-state index contributed by atoms with van der Waals surface area (Å²) in [5.74, 6) is 0.00529. The van der Waals surface area contributed by atoms with E-state index in [1.807, 2.05) is 25.7 Å². The van der Waals surface area contributed by atoms with Gasteiger partial charge in [-0.1, -0.05) is 19.6 Å². The predicted octanol–water partition coefficient (Wildman–Crippen LogP) is 1.19. The highest BCUT2D eigenvalue weighted by Crippen LogP contribution is 2.08. The molecule has 0 radical (unpaired) electrons. The molecule has 1 amide bonds. The van der Waals surface area contributed by atoms with Crippen LogP contribution in [0.5, 0.6) is 0 Å². The van der Waals surface area contributed by atoms with E-state index in [4.69, 9.17) is 5.26 Å². The lowest BCUT2D eigenvalue weighted by atomic mass is 10.6. The Bertz CT molecular complexity index is 190. The van der Waals surface area contributed by atoms with Crippen molar-refractivity contribution in [2.24, 2.45) is 0 Å². The third-order valence-corrected chi connectivity index (χ3v) is 3.51. The third kappa shape index (κ3) is 3.19. The smallest absolute Gasteiger partial charge is 0.212 e. The van der Waals surface area contributed by atoms with Gasteiger partial charge in [0.15, 0.2) is 8.24 Å². The van der Waals surface area contributed by atoms with Crippen LogP contribution in [0, 0.1) is 11.3 Å². The van der Waals surface area contributed by atoms with E-state index in [1.54, 1.807) is 4.57 Å². The number of hydrogen-bond acceptors (Lipinski definition) is 2. The van der Waals surface area contributed by atoms with Crippen molar-refractivity contribution in [2.75, 3.05) is 6.54 Å². The Morgan fingerprint density at radius 3 is 2.09 bits per heavy atom. The lowest BCUT2D eigenvalue weighted by Gasteiger charge is -2.30. The maximum atomic E-state index is 11.0. The van der Waals surface area contributed by atoms with Gasteiger partial charge < -0.3 is 4.57 Å². The van der Waals surface area contributed by atoms with Gasteiger partial charge >= 0.3 is 0 Å². The maximum Gasteiger partial charge on any atom is 0.212 e. The molecule has 0 bridgehead atoms. The molecule has 0 N–H and O–H groups in total. The molecule has 0 spiro atoms. The van der Waals surface area contributed by atoms with Crippen LogP contribution in [0.3, 0.4) is 0 Å². The Morgan fingerprint density at radius 2 is 2.00 bits per heavy atom. The summed E-state index contributed by atoms with van der Waals surface area (Å²) in [5.41, 5.74) is 0. The molecule has 0 aromatic heterocycles. The van der Waals surface area contributed by atoms with Gasteiger partial charge in [-0.15, -0.1) is 0 Å². The average Bonchev–Trinajstić information content (AvgIpc) is 1.79. The monoisotopic (exact) mass is 170 g/mol. The lowest BCUT2D eigenvalue weighted by Crippen LogP contribution is -2.48. The van der Waals surface area contributed by atoms with Crippen molar-refractivity contribution in [3.05, 3.63) is 0 Å². The maximum absolute atomic E-state index is 11.0. The molecule has 4 heteroatoms. The first-order valence-corrected chi connectivity index (χ1v) is 6.99. The van der Waals surface area contributed by atoms with E-state index in [2.05, 4.69) is 0 Å². The zero-order valence-electron chi connectivity index (χ0n) is 7.51. The van der Waals surface area contributed by atoms with E-state index >= 15 is 0 Å². The fourth-order valence-electron chi connectivity index (χ4n) is 0.892. The standard InChI is InChI=1S/C7H14N2OSi/c1-7(10)9(6-5-8)11(2,3)4/h6H2,1-4H3. The van der Waals surface area contributed by atoms with E-state index < -0.39 is 8.24 Å². The van der Waals surface area contributed by atoms with E-state index in [-0.39, 0.29) is 12.5 Å². The highest BCUT2D eigenvalue weighted by molar-refractivity contribution is 6.75. The number of amides is 1. The highest BCUT2D eigenvalue weighted by atomic mass is 28.3.